The maximum atomic E-state index is 13.0. The predicted octanol–water partition coefficient (Wildman–Crippen LogP) is 5.42. The Balaban J connectivity index is 1.46. The highest BCUT2D eigenvalue weighted by atomic mass is 16.5. The molecule has 41 heavy (non-hydrogen) atoms. The van der Waals surface area contributed by atoms with E-state index in [0.717, 1.165) is 33.5 Å². The molecule has 0 aliphatic carbocycles. The first-order valence-electron chi connectivity index (χ1n) is 12.9. The lowest BCUT2D eigenvalue weighted by Gasteiger charge is -2.13. The van der Waals surface area contributed by atoms with Gasteiger partial charge in [0, 0.05) is 53.6 Å². The molecule has 4 aromatic heterocycles. The van der Waals surface area contributed by atoms with Gasteiger partial charge in [-0.2, -0.15) is 0 Å². The summed E-state index contributed by atoms with van der Waals surface area (Å²) in [6, 6.07) is 9.28. The molecule has 0 radical (unpaired) electrons. The number of amides is 1. The van der Waals surface area contributed by atoms with Gasteiger partial charge in [-0.1, -0.05) is 11.6 Å². The summed E-state index contributed by atoms with van der Waals surface area (Å²) >= 11 is 0. The molecule has 0 bridgehead atoms. The highest BCUT2D eigenvalue weighted by molar-refractivity contribution is 5.94. The minimum absolute atomic E-state index is 0.265. The Morgan fingerprint density at radius 3 is 2.56 bits per heavy atom. The molecular formula is C31H32N8O2. The molecule has 0 aliphatic heterocycles. The van der Waals surface area contributed by atoms with Crippen LogP contribution in [0.4, 0.5) is 11.5 Å². The van der Waals surface area contributed by atoms with Crippen molar-refractivity contribution in [2.45, 2.75) is 27.7 Å². The van der Waals surface area contributed by atoms with E-state index in [1.807, 2.05) is 64.1 Å². The van der Waals surface area contributed by atoms with E-state index in [1.54, 1.807) is 38.0 Å². The quantitative estimate of drug-likeness (QED) is 0.199. The zero-order valence-corrected chi connectivity index (χ0v) is 23.8. The Hall–Kier alpha value is -5.25. The number of carbonyl (C=O) groups excluding carboxylic acids is 1. The van der Waals surface area contributed by atoms with Crippen LogP contribution in [0.25, 0.3) is 17.1 Å². The highest BCUT2D eigenvalue weighted by Gasteiger charge is 2.17. The van der Waals surface area contributed by atoms with Crippen molar-refractivity contribution in [3.63, 3.8) is 0 Å². The standard InChI is InChI=1S/C31H32N8O2/c1-19(9-11-26(32-5)23-10-12-27(41-6)34-17-23)15-36-31(40)28-20(2)14-25(22(4)37-28)30-35-16-21(3)29(39-30)38-24-8-7-13-33-18-24/h7-14,16-18H,5,15H2,1-4,6H3,(H,36,40)(H,35,38,39)/b19-9+,26-11-. The number of anilines is 2. The van der Waals surface area contributed by atoms with Gasteiger partial charge in [-0.25, -0.2) is 19.9 Å². The van der Waals surface area contributed by atoms with Gasteiger partial charge in [0.05, 0.1) is 24.7 Å². The fraction of sp³-hybridized carbons (Fsp3) is 0.194. The third kappa shape index (κ3) is 7.24. The van der Waals surface area contributed by atoms with Crippen molar-refractivity contribution in [3.8, 4) is 17.3 Å². The van der Waals surface area contributed by atoms with E-state index in [1.165, 1.54) is 0 Å². The van der Waals surface area contributed by atoms with E-state index in [9.17, 15) is 4.79 Å². The number of hydrogen-bond donors (Lipinski definition) is 2. The molecule has 0 spiro atoms. The Morgan fingerprint density at radius 1 is 1.05 bits per heavy atom. The second-order valence-corrected chi connectivity index (χ2v) is 9.37. The summed E-state index contributed by atoms with van der Waals surface area (Å²) in [4.78, 5) is 39.3. The van der Waals surface area contributed by atoms with Crippen LogP contribution in [0.3, 0.4) is 0 Å². The number of aryl methyl sites for hydroxylation is 3. The Morgan fingerprint density at radius 2 is 1.88 bits per heavy atom. The van der Waals surface area contributed by atoms with Gasteiger partial charge in [0.25, 0.3) is 5.91 Å². The zero-order valence-electron chi connectivity index (χ0n) is 23.8. The molecule has 10 heteroatoms. The van der Waals surface area contributed by atoms with E-state index in [-0.39, 0.29) is 5.91 Å². The number of rotatable bonds is 10. The van der Waals surface area contributed by atoms with Crippen LogP contribution in [0.15, 0.2) is 77.8 Å². The highest BCUT2D eigenvalue weighted by Crippen LogP contribution is 2.25. The van der Waals surface area contributed by atoms with Gasteiger partial charge in [0.1, 0.15) is 11.5 Å². The summed E-state index contributed by atoms with van der Waals surface area (Å²) in [7, 11) is 1.56. The molecule has 0 saturated carbocycles. The normalized spacial score (nSPS) is 11.6. The number of nitrogens with one attached hydrogen (secondary N) is 2. The number of nitrogens with zero attached hydrogens (tertiary/aromatic N) is 6. The summed E-state index contributed by atoms with van der Waals surface area (Å²) in [5.74, 6) is 1.45. The van der Waals surface area contributed by atoms with Crippen LogP contribution < -0.4 is 15.4 Å². The molecule has 0 fully saturated rings. The lowest BCUT2D eigenvalue weighted by atomic mass is 10.1. The molecule has 0 saturated heterocycles. The first-order chi connectivity index (χ1) is 19.8. The number of allylic oxidation sites excluding steroid dienone is 2. The van der Waals surface area contributed by atoms with Crippen molar-refractivity contribution < 1.29 is 9.53 Å². The van der Waals surface area contributed by atoms with Crippen molar-refractivity contribution in [1.82, 2.24) is 30.2 Å². The maximum absolute atomic E-state index is 13.0. The minimum atomic E-state index is -0.265. The molecule has 4 aromatic rings. The van der Waals surface area contributed by atoms with Gasteiger partial charge in [0.2, 0.25) is 5.88 Å². The molecule has 4 heterocycles. The fourth-order valence-electron chi connectivity index (χ4n) is 3.91. The number of carbonyl (C=O) groups is 1. The molecule has 10 nitrogen and oxygen atoms in total. The van der Waals surface area contributed by atoms with E-state index < -0.39 is 0 Å². The van der Waals surface area contributed by atoms with Gasteiger partial charge >= 0.3 is 0 Å². The van der Waals surface area contributed by atoms with Gasteiger partial charge in [-0.15, -0.1) is 0 Å². The van der Waals surface area contributed by atoms with Crippen molar-refractivity contribution in [2.75, 3.05) is 19.0 Å². The van der Waals surface area contributed by atoms with Crippen molar-refractivity contribution in [3.05, 3.63) is 101 Å². The molecule has 1 amide bonds. The smallest absolute Gasteiger partial charge is 0.270 e. The van der Waals surface area contributed by atoms with Gasteiger partial charge in [-0.05, 0) is 70.3 Å². The largest absolute Gasteiger partial charge is 0.481 e. The Kier molecular flexibility index (Phi) is 9.26. The van der Waals surface area contributed by atoms with Crippen LogP contribution in [0.5, 0.6) is 5.88 Å². The summed E-state index contributed by atoms with van der Waals surface area (Å²) in [6.07, 6.45) is 10.6. The summed E-state index contributed by atoms with van der Waals surface area (Å²) in [5.41, 5.74) is 6.60. The second-order valence-electron chi connectivity index (χ2n) is 9.37. The molecule has 0 aliphatic rings. The molecule has 208 valence electrons. The van der Waals surface area contributed by atoms with Crippen molar-refractivity contribution in [1.29, 1.82) is 0 Å². The lowest BCUT2D eigenvalue weighted by Crippen LogP contribution is -2.27. The molecule has 4 rings (SSSR count). The van der Waals surface area contributed by atoms with E-state index in [0.29, 0.717) is 41.2 Å². The molecule has 2 N–H and O–H groups in total. The number of aromatic nitrogens is 5. The van der Waals surface area contributed by atoms with E-state index in [4.69, 9.17) is 9.72 Å². The van der Waals surface area contributed by atoms with Crippen molar-refractivity contribution in [2.24, 2.45) is 4.99 Å². The van der Waals surface area contributed by atoms with E-state index >= 15 is 0 Å². The third-order valence-electron chi connectivity index (χ3n) is 6.22. The summed E-state index contributed by atoms with van der Waals surface area (Å²) in [5, 5.41) is 6.23. The number of methoxy groups -OCH3 is 1. The molecular weight excluding hydrogens is 516 g/mol. The summed E-state index contributed by atoms with van der Waals surface area (Å²) in [6.45, 7) is 11.5. The Labute approximate surface area is 239 Å². The van der Waals surface area contributed by atoms with Gasteiger partial charge < -0.3 is 15.4 Å². The summed E-state index contributed by atoms with van der Waals surface area (Å²) < 4.78 is 5.10. The zero-order chi connectivity index (χ0) is 29.4. The van der Waals surface area contributed by atoms with Gasteiger partial charge in [-0.3, -0.25) is 14.8 Å². The number of hydrogen-bond acceptors (Lipinski definition) is 9. The van der Waals surface area contributed by atoms with Crippen LogP contribution in [0.1, 0.15) is 39.8 Å². The first kappa shape index (κ1) is 28.8. The topological polar surface area (TPSA) is 127 Å². The first-order valence-corrected chi connectivity index (χ1v) is 12.9. The van der Waals surface area contributed by atoms with Crippen LogP contribution in [-0.4, -0.2) is 51.2 Å². The van der Waals surface area contributed by atoms with Crippen LogP contribution in [0, 0.1) is 20.8 Å². The molecule has 0 aromatic carbocycles. The number of ether oxygens (including phenoxy) is 1. The molecule has 0 atom stereocenters. The average Bonchev–Trinajstić information content (AvgIpc) is 2.99. The van der Waals surface area contributed by atoms with Crippen molar-refractivity contribution >= 4 is 29.8 Å². The van der Waals surface area contributed by atoms with E-state index in [2.05, 4.69) is 42.3 Å². The van der Waals surface area contributed by atoms with Crippen LogP contribution >= 0.6 is 0 Å². The van der Waals surface area contributed by atoms with Crippen LogP contribution in [-0.2, 0) is 0 Å². The third-order valence-corrected chi connectivity index (χ3v) is 6.22. The number of pyridine rings is 3. The predicted molar refractivity (Wildman–Crippen MR) is 161 cm³/mol. The minimum Gasteiger partial charge on any atom is -0.481 e. The maximum Gasteiger partial charge on any atom is 0.270 e. The SMILES string of the molecule is C=N/C(=C\C=C(/C)CNC(=O)c1nc(C)c(-c2ncc(C)c(Nc3cccnc3)n2)cc1C)c1ccc(OC)nc1. The molecule has 0 unspecified atom stereocenters. The lowest BCUT2D eigenvalue weighted by molar-refractivity contribution is 0.0951. The average molecular weight is 549 g/mol. The fourth-order valence-corrected chi connectivity index (χ4v) is 3.91. The van der Waals surface area contributed by atoms with Gasteiger partial charge in [0.15, 0.2) is 5.82 Å². The monoisotopic (exact) mass is 548 g/mol. The van der Waals surface area contributed by atoms with Crippen LogP contribution in [0.2, 0.25) is 0 Å². The number of aliphatic imine (C=N–C) groups is 1. The Bertz CT molecular complexity index is 1610. The second kappa shape index (κ2) is 13.2.